The third-order valence-corrected chi connectivity index (χ3v) is 2.58. The molecule has 0 bridgehead atoms. The van der Waals surface area contributed by atoms with Crippen LogP contribution in [-0.2, 0) is 11.3 Å². The van der Waals surface area contributed by atoms with Crippen molar-refractivity contribution < 1.29 is 14.6 Å². The van der Waals surface area contributed by atoms with Gasteiger partial charge in [0.1, 0.15) is 0 Å². The average molecular weight is 237 g/mol. The summed E-state index contributed by atoms with van der Waals surface area (Å²) in [5.74, 6) is -0.870. The maximum absolute atomic E-state index is 11.0. The summed E-state index contributed by atoms with van der Waals surface area (Å²) in [6, 6.07) is 7.11. The van der Waals surface area contributed by atoms with Crippen LogP contribution in [0.25, 0.3) is 0 Å². The Morgan fingerprint density at radius 3 is 2.76 bits per heavy atom. The summed E-state index contributed by atoms with van der Waals surface area (Å²) in [7, 11) is 3.66. The van der Waals surface area contributed by atoms with Gasteiger partial charge < -0.3 is 14.7 Å². The molecule has 0 saturated heterocycles. The van der Waals surface area contributed by atoms with Gasteiger partial charge in [0, 0.05) is 26.8 Å². The van der Waals surface area contributed by atoms with Gasteiger partial charge in [-0.05, 0) is 25.1 Å². The molecule has 0 amide bonds. The number of benzene rings is 1. The highest BCUT2D eigenvalue weighted by Crippen LogP contribution is 2.11. The van der Waals surface area contributed by atoms with Crippen LogP contribution >= 0.6 is 0 Å². The number of carbonyl (C=O) groups is 1. The third-order valence-electron chi connectivity index (χ3n) is 2.58. The minimum Gasteiger partial charge on any atom is -0.478 e. The van der Waals surface area contributed by atoms with Gasteiger partial charge in [0.05, 0.1) is 5.56 Å². The van der Waals surface area contributed by atoms with Crippen LogP contribution in [0, 0.1) is 0 Å². The molecule has 0 aliphatic carbocycles. The van der Waals surface area contributed by atoms with Crippen molar-refractivity contribution in [3.8, 4) is 0 Å². The van der Waals surface area contributed by atoms with Crippen molar-refractivity contribution in [1.29, 1.82) is 0 Å². The molecule has 0 spiro atoms. The van der Waals surface area contributed by atoms with Crippen LogP contribution in [0.3, 0.4) is 0 Å². The lowest BCUT2D eigenvalue weighted by molar-refractivity contribution is 0.0694. The van der Waals surface area contributed by atoms with E-state index in [9.17, 15) is 4.79 Å². The first-order valence-electron chi connectivity index (χ1n) is 5.64. The van der Waals surface area contributed by atoms with E-state index in [0.29, 0.717) is 12.1 Å². The number of ether oxygens (including phenoxy) is 1. The number of methoxy groups -OCH3 is 1. The molecule has 4 nitrogen and oxygen atoms in total. The number of hydrogen-bond donors (Lipinski definition) is 1. The van der Waals surface area contributed by atoms with Crippen LogP contribution in [-0.4, -0.2) is 43.3 Å². The fraction of sp³-hybridized carbons (Fsp3) is 0.462. The molecule has 0 atom stereocenters. The third kappa shape index (κ3) is 4.54. The first-order valence-corrected chi connectivity index (χ1v) is 5.64. The molecule has 0 fully saturated rings. The summed E-state index contributed by atoms with van der Waals surface area (Å²) >= 11 is 0. The zero-order chi connectivity index (χ0) is 12.7. The predicted octanol–water partition coefficient (Wildman–Crippen LogP) is 1.85. The summed E-state index contributed by atoms with van der Waals surface area (Å²) < 4.78 is 4.98. The molecular formula is C13H19NO3. The summed E-state index contributed by atoms with van der Waals surface area (Å²) in [5, 5.41) is 9.05. The van der Waals surface area contributed by atoms with E-state index in [0.717, 1.165) is 25.1 Å². The summed E-state index contributed by atoms with van der Waals surface area (Å²) in [5.41, 5.74) is 1.23. The Balaban J connectivity index is 2.58. The van der Waals surface area contributed by atoms with Gasteiger partial charge in [0.15, 0.2) is 0 Å². The molecule has 94 valence electrons. The van der Waals surface area contributed by atoms with Crippen molar-refractivity contribution in [2.75, 3.05) is 27.3 Å². The van der Waals surface area contributed by atoms with E-state index in [1.54, 1.807) is 19.2 Å². The molecule has 0 aromatic heterocycles. The van der Waals surface area contributed by atoms with Crippen LogP contribution in [0.4, 0.5) is 0 Å². The van der Waals surface area contributed by atoms with Crippen molar-refractivity contribution in [2.24, 2.45) is 0 Å². The molecule has 0 radical (unpaired) electrons. The van der Waals surface area contributed by atoms with E-state index in [4.69, 9.17) is 9.84 Å². The van der Waals surface area contributed by atoms with E-state index in [2.05, 4.69) is 4.90 Å². The molecule has 1 aromatic carbocycles. The second kappa shape index (κ2) is 7.04. The topological polar surface area (TPSA) is 49.8 Å². The highest BCUT2D eigenvalue weighted by Gasteiger charge is 2.10. The second-order valence-corrected chi connectivity index (χ2v) is 4.05. The highest BCUT2D eigenvalue weighted by atomic mass is 16.5. The quantitative estimate of drug-likeness (QED) is 0.735. The smallest absolute Gasteiger partial charge is 0.336 e. The van der Waals surface area contributed by atoms with Gasteiger partial charge in [-0.1, -0.05) is 18.2 Å². The van der Waals surface area contributed by atoms with Crippen molar-refractivity contribution >= 4 is 5.97 Å². The number of rotatable bonds is 7. The van der Waals surface area contributed by atoms with Gasteiger partial charge >= 0.3 is 5.97 Å². The van der Waals surface area contributed by atoms with E-state index >= 15 is 0 Å². The molecule has 0 saturated carbocycles. The van der Waals surface area contributed by atoms with Crippen LogP contribution in [0.2, 0.25) is 0 Å². The van der Waals surface area contributed by atoms with Crippen molar-refractivity contribution in [1.82, 2.24) is 4.90 Å². The van der Waals surface area contributed by atoms with E-state index < -0.39 is 5.97 Å². The lowest BCUT2D eigenvalue weighted by atomic mass is 10.1. The van der Waals surface area contributed by atoms with Crippen molar-refractivity contribution in [2.45, 2.75) is 13.0 Å². The Bertz CT molecular complexity index is 365. The summed E-state index contributed by atoms with van der Waals surface area (Å²) in [4.78, 5) is 13.1. The fourth-order valence-corrected chi connectivity index (χ4v) is 1.72. The molecule has 1 aromatic rings. The minimum atomic E-state index is -0.870. The molecular weight excluding hydrogens is 218 g/mol. The number of carboxylic acids is 1. The van der Waals surface area contributed by atoms with Crippen molar-refractivity contribution in [3.63, 3.8) is 0 Å². The van der Waals surface area contributed by atoms with Crippen LogP contribution in [0.5, 0.6) is 0 Å². The zero-order valence-corrected chi connectivity index (χ0v) is 10.3. The zero-order valence-electron chi connectivity index (χ0n) is 10.3. The number of nitrogens with zero attached hydrogens (tertiary/aromatic N) is 1. The Morgan fingerprint density at radius 1 is 1.41 bits per heavy atom. The van der Waals surface area contributed by atoms with Gasteiger partial charge in [0.2, 0.25) is 0 Å². The molecule has 0 aliphatic rings. The van der Waals surface area contributed by atoms with Crippen molar-refractivity contribution in [3.05, 3.63) is 35.4 Å². The maximum Gasteiger partial charge on any atom is 0.336 e. The van der Waals surface area contributed by atoms with E-state index in [1.165, 1.54) is 0 Å². The summed E-state index contributed by atoms with van der Waals surface area (Å²) in [6.07, 6.45) is 0.947. The largest absolute Gasteiger partial charge is 0.478 e. The van der Waals surface area contributed by atoms with Gasteiger partial charge in [0.25, 0.3) is 0 Å². The normalized spacial score (nSPS) is 10.8. The first-order chi connectivity index (χ1) is 8.15. The van der Waals surface area contributed by atoms with Gasteiger partial charge in [-0.2, -0.15) is 0 Å². The van der Waals surface area contributed by atoms with Crippen LogP contribution in [0.15, 0.2) is 24.3 Å². The standard InChI is InChI=1S/C13H19NO3/c1-14(8-5-9-17-2)10-11-6-3-4-7-12(11)13(15)16/h3-4,6-7H,5,8-10H2,1-2H3,(H,15,16). The van der Waals surface area contributed by atoms with Gasteiger partial charge in [-0.15, -0.1) is 0 Å². The lowest BCUT2D eigenvalue weighted by Crippen LogP contribution is -2.21. The van der Waals surface area contributed by atoms with E-state index in [1.807, 2.05) is 19.2 Å². The van der Waals surface area contributed by atoms with Crippen LogP contribution in [0.1, 0.15) is 22.3 Å². The second-order valence-electron chi connectivity index (χ2n) is 4.05. The van der Waals surface area contributed by atoms with Gasteiger partial charge in [-0.3, -0.25) is 0 Å². The Hall–Kier alpha value is -1.39. The number of carboxylic acid groups (broad SMARTS) is 1. The molecule has 0 unspecified atom stereocenters. The molecule has 0 aliphatic heterocycles. The predicted molar refractivity (Wildman–Crippen MR) is 66.2 cm³/mol. The Kier molecular flexibility index (Phi) is 5.66. The summed E-state index contributed by atoms with van der Waals surface area (Å²) in [6.45, 7) is 2.26. The molecule has 4 heteroatoms. The fourth-order valence-electron chi connectivity index (χ4n) is 1.72. The number of aromatic carboxylic acids is 1. The van der Waals surface area contributed by atoms with Gasteiger partial charge in [-0.25, -0.2) is 4.79 Å². The molecule has 1 N–H and O–H groups in total. The molecule has 0 heterocycles. The first kappa shape index (κ1) is 13.7. The average Bonchev–Trinajstić information content (AvgIpc) is 2.29. The van der Waals surface area contributed by atoms with E-state index in [-0.39, 0.29) is 0 Å². The maximum atomic E-state index is 11.0. The minimum absolute atomic E-state index is 0.381. The highest BCUT2D eigenvalue weighted by molar-refractivity contribution is 5.89. The SMILES string of the molecule is COCCCN(C)Cc1ccccc1C(=O)O. The lowest BCUT2D eigenvalue weighted by Gasteiger charge is -2.17. The Morgan fingerprint density at radius 2 is 2.12 bits per heavy atom. The number of hydrogen-bond acceptors (Lipinski definition) is 3. The molecule has 1 rings (SSSR count). The monoisotopic (exact) mass is 237 g/mol. The van der Waals surface area contributed by atoms with Crippen LogP contribution < -0.4 is 0 Å². The molecule has 17 heavy (non-hydrogen) atoms. The Labute approximate surface area is 102 Å².